The maximum absolute atomic E-state index is 11.9. The monoisotopic (exact) mass is 364 g/mol. The minimum atomic E-state index is -0.525. The molecule has 0 spiro atoms. The van der Waals surface area contributed by atoms with Gasteiger partial charge >= 0.3 is 0 Å². The zero-order chi connectivity index (χ0) is 18.9. The summed E-state index contributed by atoms with van der Waals surface area (Å²) in [5.41, 5.74) is 2.94. The number of nitrogens with one attached hydrogen (secondary N) is 1. The number of hydrogen-bond donors (Lipinski definition) is 1. The third-order valence-electron chi connectivity index (χ3n) is 4.67. The summed E-state index contributed by atoms with van der Waals surface area (Å²) in [5.74, 6) is -0.807. The average molecular weight is 364 g/mol. The van der Waals surface area contributed by atoms with E-state index in [2.05, 4.69) is 26.3 Å². The summed E-state index contributed by atoms with van der Waals surface area (Å²) in [6.45, 7) is 1.67. The molecule has 1 N–H and O–H groups in total. The van der Waals surface area contributed by atoms with Gasteiger partial charge in [0.15, 0.2) is 5.78 Å². The van der Waals surface area contributed by atoms with Crippen LogP contribution in [0.25, 0.3) is 0 Å². The van der Waals surface area contributed by atoms with Crippen molar-refractivity contribution in [2.24, 2.45) is 10.9 Å². The van der Waals surface area contributed by atoms with E-state index in [4.69, 9.17) is 0 Å². The molecule has 6 heteroatoms. The molecule has 6 nitrogen and oxygen atoms in total. The molecule has 0 bridgehead atoms. The number of pyridine rings is 2. The molecule has 2 aliphatic rings. The lowest BCUT2D eigenvalue weighted by atomic mass is 9.91. The number of nitrogens with zero attached hydrogens (tertiary/aromatic N) is 3. The van der Waals surface area contributed by atoms with Crippen LogP contribution in [0.15, 0.2) is 54.0 Å². The lowest BCUT2D eigenvalue weighted by Gasteiger charge is -2.20. The van der Waals surface area contributed by atoms with E-state index in [-0.39, 0.29) is 11.7 Å². The van der Waals surface area contributed by atoms with Crippen molar-refractivity contribution >= 4 is 17.4 Å². The van der Waals surface area contributed by atoms with Crippen LogP contribution in [-0.2, 0) is 4.79 Å². The van der Waals surface area contributed by atoms with Gasteiger partial charge in [-0.2, -0.15) is 0 Å². The van der Waals surface area contributed by atoms with E-state index < -0.39 is 5.92 Å². The van der Waals surface area contributed by atoms with Crippen molar-refractivity contribution in [3.63, 3.8) is 0 Å². The van der Waals surface area contributed by atoms with E-state index >= 15 is 0 Å². The normalized spacial score (nSPS) is 19.2. The maximum Gasteiger partial charge on any atom is 0.230 e. The molecular weight excluding hydrogens is 340 g/mol. The molecule has 4 rings (SSSR count). The van der Waals surface area contributed by atoms with Crippen molar-refractivity contribution in [2.45, 2.75) is 32.1 Å². The first-order valence-corrected chi connectivity index (χ1v) is 9.41. The van der Waals surface area contributed by atoms with Crippen molar-refractivity contribution in [3.05, 3.63) is 60.2 Å². The third kappa shape index (κ3) is 5.29. The maximum atomic E-state index is 11.9. The fraction of sp³-hybridized carbons (Fsp3) is 0.381. The number of hydrogen-bond acceptors (Lipinski definition) is 5. The molecule has 140 valence electrons. The predicted octanol–water partition coefficient (Wildman–Crippen LogP) is 2.85. The second-order valence-electron chi connectivity index (χ2n) is 6.62. The minimum Gasteiger partial charge on any atom is -0.355 e. The van der Waals surface area contributed by atoms with Gasteiger partial charge in [-0.3, -0.25) is 24.5 Å². The van der Waals surface area contributed by atoms with Crippen molar-refractivity contribution in [1.82, 2.24) is 15.3 Å². The van der Waals surface area contributed by atoms with E-state index in [9.17, 15) is 9.59 Å². The number of amides is 1. The molecule has 0 aromatic carbocycles. The molecule has 27 heavy (non-hydrogen) atoms. The van der Waals surface area contributed by atoms with Crippen LogP contribution in [-0.4, -0.2) is 40.5 Å². The van der Waals surface area contributed by atoms with Crippen LogP contribution in [0.2, 0.25) is 0 Å². The summed E-state index contributed by atoms with van der Waals surface area (Å²) in [5, 5.41) is 2.70. The topological polar surface area (TPSA) is 84.3 Å². The summed E-state index contributed by atoms with van der Waals surface area (Å²) < 4.78 is 0. The smallest absolute Gasteiger partial charge is 0.230 e. The summed E-state index contributed by atoms with van der Waals surface area (Å²) in [7, 11) is 0. The fourth-order valence-corrected chi connectivity index (χ4v) is 3.20. The van der Waals surface area contributed by atoms with Crippen LogP contribution in [0.4, 0.5) is 0 Å². The molecule has 0 aliphatic carbocycles. The van der Waals surface area contributed by atoms with Gasteiger partial charge in [0.05, 0.1) is 0 Å². The van der Waals surface area contributed by atoms with Gasteiger partial charge in [0, 0.05) is 54.7 Å². The zero-order valence-electron chi connectivity index (χ0n) is 15.3. The van der Waals surface area contributed by atoms with Gasteiger partial charge in [-0.15, -0.1) is 0 Å². The van der Waals surface area contributed by atoms with Gasteiger partial charge in [-0.25, -0.2) is 0 Å². The highest BCUT2D eigenvalue weighted by Crippen LogP contribution is 2.17. The number of carbonyl (C=O) groups is 2. The second-order valence-corrected chi connectivity index (χ2v) is 6.62. The Morgan fingerprint density at radius 2 is 1.85 bits per heavy atom. The minimum absolute atomic E-state index is 0.125. The van der Waals surface area contributed by atoms with E-state index in [1.165, 1.54) is 30.3 Å². The van der Waals surface area contributed by atoms with Crippen LogP contribution >= 0.6 is 0 Å². The Bertz CT molecular complexity index is 790. The molecule has 1 unspecified atom stereocenters. The summed E-state index contributed by atoms with van der Waals surface area (Å²) >= 11 is 0. The van der Waals surface area contributed by atoms with Crippen molar-refractivity contribution in [1.29, 1.82) is 0 Å². The summed E-state index contributed by atoms with van der Waals surface area (Å²) in [4.78, 5) is 35.8. The van der Waals surface area contributed by atoms with E-state index in [1.807, 2.05) is 12.3 Å². The molecule has 1 amide bonds. The highest BCUT2D eigenvalue weighted by Gasteiger charge is 2.29. The lowest BCUT2D eigenvalue weighted by molar-refractivity contribution is -0.124. The Morgan fingerprint density at radius 1 is 1.04 bits per heavy atom. The van der Waals surface area contributed by atoms with E-state index in [1.54, 1.807) is 24.5 Å². The lowest BCUT2D eigenvalue weighted by Crippen LogP contribution is -2.40. The number of aromatic nitrogens is 2. The molecule has 2 aromatic heterocycles. The molecular formula is C21H24N4O2. The highest BCUT2D eigenvalue weighted by atomic mass is 16.2. The first-order valence-electron chi connectivity index (χ1n) is 9.41. The number of aliphatic imine (C=N–C) groups is 1. The molecule has 1 fully saturated rings. The number of piperidine rings is 1. The number of rotatable bonds is 3. The average Bonchev–Trinajstić information content (AvgIpc) is 2.76. The highest BCUT2D eigenvalue weighted by molar-refractivity contribution is 6.10. The van der Waals surface area contributed by atoms with Crippen molar-refractivity contribution < 1.29 is 9.59 Å². The standard InChI is InChI=1S/C11H12N2O2.C10H12N2/c14-10(8-3-1-5-12-7-8)9-4-2-6-13-11(9)15;1-2-7-12-10(5-1)9-4-3-6-11-8-9/h1,3,5,7,9H,2,4,6H2,(H,13,15);3-4,6,8H,1-2,5,7H2. The van der Waals surface area contributed by atoms with Gasteiger partial charge in [0.25, 0.3) is 0 Å². The Morgan fingerprint density at radius 3 is 2.48 bits per heavy atom. The third-order valence-corrected chi connectivity index (χ3v) is 4.67. The fourth-order valence-electron chi connectivity index (χ4n) is 3.20. The van der Waals surface area contributed by atoms with E-state index in [0.29, 0.717) is 18.5 Å². The second kappa shape index (κ2) is 9.71. The molecule has 4 heterocycles. The van der Waals surface area contributed by atoms with Crippen LogP contribution in [0.1, 0.15) is 48.0 Å². The first-order chi connectivity index (χ1) is 13.3. The number of ketones is 1. The largest absolute Gasteiger partial charge is 0.355 e. The summed E-state index contributed by atoms with van der Waals surface area (Å²) in [6, 6.07) is 7.44. The van der Waals surface area contributed by atoms with Crippen LogP contribution < -0.4 is 5.32 Å². The molecule has 2 aromatic rings. The van der Waals surface area contributed by atoms with E-state index in [0.717, 1.165) is 19.4 Å². The zero-order valence-corrected chi connectivity index (χ0v) is 15.3. The molecule has 1 saturated heterocycles. The molecule has 0 saturated carbocycles. The van der Waals surface area contributed by atoms with Crippen LogP contribution in [0.3, 0.4) is 0 Å². The van der Waals surface area contributed by atoms with Crippen LogP contribution in [0, 0.1) is 5.92 Å². The van der Waals surface area contributed by atoms with Crippen LogP contribution in [0.5, 0.6) is 0 Å². The van der Waals surface area contributed by atoms with Gasteiger partial charge in [-0.05, 0) is 50.3 Å². The Kier molecular flexibility index (Phi) is 6.79. The van der Waals surface area contributed by atoms with Gasteiger partial charge < -0.3 is 5.32 Å². The molecule has 2 aliphatic heterocycles. The number of carbonyl (C=O) groups excluding carboxylic acids is 2. The Labute approximate surface area is 159 Å². The van der Waals surface area contributed by atoms with Gasteiger partial charge in [0.1, 0.15) is 5.92 Å². The predicted molar refractivity (Wildman–Crippen MR) is 104 cm³/mol. The summed E-state index contributed by atoms with van der Waals surface area (Å²) in [6.07, 6.45) is 11.9. The van der Waals surface area contributed by atoms with Crippen molar-refractivity contribution in [3.8, 4) is 0 Å². The quantitative estimate of drug-likeness (QED) is 0.670. The number of Topliss-reactive ketones (excluding diaryl/α,β-unsaturated/α-hetero) is 1. The van der Waals surface area contributed by atoms with Gasteiger partial charge in [-0.1, -0.05) is 6.07 Å². The first kappa shape index (κ1) is 18.9. The van der Waals surface area contributed by atoms with Crippen molar-refractivity contribution in [2.75, 3.05) is 13.1 Å². The Balaban J connectivity index is 0.000000159. The van der Waals surface area contributed by atoms with Gasteiger partial charge in [0.2, 0.25) is 5.91 Å². The molecule has 0 radical (unpaired) electrons. The SMILES string of the molecule is O=C1NCCCC1C(=O)c1cccnc1.c1cncc(C2=NCCCC2)c1. The Hall–Kier alpha value is -2.89. The molecule has 1 atom stereocenters.